The summed E-state index contributed by atoms with van der Waals surface area (Å²) in [5, 5.41) is 6.30. The van der Waals surface area contributed by atoms with Crippen LogP contribution in [0.15, 0.2) is 41.9 Å². The van der Waals surface area contributed by atoms with E-state index in [9.17, 15) is 4.79 Å². The van der Waals surface area contributed by atoms with Crippen LogP contribution in [-0.4, -0.2) is 37.7 Å². The number of nitrogens with one attached hydrogen (secondary N) is 2. The molecule has 0 aromatic heterocycles. The van der Waals surface area contributed by atoms with E-state index in [2.05, 4.69) is 22.2 Å². The number of hydrogen-bond donors (Lipinski definition) is 2. The fraction of sp³-hybridized carbons (Fsp3) is 0.474. The number of nitrogens with zero attached hydrogens (tertiary/aromatic N) is 1. The van der Waals surface area contributed by atoms with Gasteiger partial charge in [0.1, 0.15) is 12.4 Å². The SMILES string of the molecule is C=CCOc1ccccc1CN=C(NCC)NCCC(=O)OC(C)C. The molecule has 0 fully saturated rings. The number of aliphatic imine (C=N–C) groups is 1. The Hall–Kier alpha value is -2.50. The zero-order chi connectivity index (χ0) is 18.5. The molecule has 6 heteroatoms. The molecular weight excluding hydrogens is 318 g/mol. The summed E-state index contributed by atoms with van der Waals surface area (Å²) < 4.78 is 10.7. The van der Waals surface area contributed by atoms with Gasteiger partial charge < -0.3 is 20.1 Å². The number of benzene rings is 1. The monoisotopic (exact) mass is 347 g/mol. The van der Waals surface area contributed by atoms with Crippen LogP contribution in [0.3, 0.4) is 0 Å². The lowest BCUT2D eigenvalue weighted by Gasteiger charge is -2.13. The minimum atomic E-state index is -0.221. The molecule has 0 aliphatic carbocycles. The van der Waals surface area contributed by atoms with Gasteiger partial charge in [0.15, 0.2) is 5.96 Å². The molecule has 138 valence electrons. The van der Waals surface area contributed by atoms with Gasteiger partial charge >= 0.3 is 5.97 Å². The zero-order valence-corrected chi connectivity index (χ0v) is 15.4. The molecule has 0 radical (unpaired) electrons. The van der Waals surface area contributed by atoms with Crippen LogP contribution in [0.5, 0.6) is 5.75 Å². The summed E-state index contributed by atoms with van der Waals surface area (Å²) in [5.41, 5.74) is 0.987. The van der Waals surface area contributed by atoms with Gasteiger partial charge in [-0.05, 0) is 26.8 Å². The molecule has 0 amide bonds. The minimum absolute atomic E-state index is 0.0959. The average Bonchev–Trinajstić information content (AvgIpc) is 2.58. The molecule has 1 aromatic carbocycles. The lowest BCUT2D eigenvalue weighted by Crippen LogP contribution is -2.38. The molecule has 0 saturated heterocycles. The van der Waals surface area contributed by atoms with Crippen molar-refractivity contribution in [3.63, 3.8) is 0 Å². The second-order valence-electron chi connectivity index (χ2n) is 5.62. The van der Waals surface area contributed by atoms with Gasteiger partial charge in [-0.25, -0.2) is 4.99 Å². The number of guanidine groups is 1. The fourth-order valence-corrected chi connectivity index (χ4v) is 2.03. The predicted octanol–water partition coefficient (Wildman–Crippen LogP) is 2.65. The number of rotatable bonds is 10. The van der Waals surface area contributed by atoms with Crippen molar-refractivity contribution < 1.29 is 14.3 Å². The quantitative estimate of drug-likeness (QED) is 0.295. The number of carbonyl (C=O) groups is 1. The summed E-state index contributed by atoms with van der Waals surface area (Å²) in [6.45, 7) is 11.4. The van der Waals surface area contributed by atoms with Gasteiger partial charge in [-0.2, -0.15) is 0 Å². The molecule has 0 aliphatic rings. The zero-order valence-electron chi connectivity index (χ0n) is 15.4. The highest BCUT2D eigenvalue weighted by Gasteiger charge is 2.06. The molecular formula is C19H29N3O3. The highest BCUT2D eigenvalue weighted by Crippen LogP contribution is 2.18. The highest BCUT2D eigenvalue weighted by molar-refractivity contribution is 5.80. The van der Waals surface area contributed by atoms with Crippen LogP contribution >= 0.6 is 0 Å². The minimum Gasteiger partial charge on any atom is -0.489 e. The molecule has 0 unspecified atom stereocenters. The molecule has 6 nitrogen and oxygen atoms in total. The van der Waals surface area contributed by atoms with Crippen molar-refractivity contribution >= 4 is 11.9 Å². The van der Waals surface area contributed by atoms with Crippen LogP contribution in [0.2, 0.25) is 0 Å². The molecule has 0 bridgehead atoms. The Morgan fingerprint density at radius 1 is 1.32 bits per heavy atom. The van der Waals surface area contributed by atoms with Gasteiger partial charge in [-0.3, -0.25) is 4.79 Å². The average molecular weight is 347 g/mol. The molecule has 0 spiro atoms. The smallest absolute Gasteiger partial charge is 0.307 e. The van der Waals surface area contributed by atoms with Gasteiger partial charge in [-0.15, -0.1) is 0 Å². The van der Waals surface area contributed by atoms with Crippen LogP contribution in [0.4, 0.5) is 0 Å². The maximum atomic E-state index is 11.6. The largest absolute Gasteiger partial charge is 0.489 e. The molecule has 1 aromatic rings. The van der Waals surface area contributed by atoms with Crippen LogP contribution in [0.1, 0.15) is 32.8 Å². The fourth-order valence-electron chi connectivity index (χ4n) is 2.03. The summed E-state index contributed by atoms with van der Waals surface area (Å²) in [6, 6.07) is 7.77. The Kier molecular flexibility index (Phi) is 9.82. The van der Waals surface area contributed by atoms with Crippen molar-refractivity contribution in [2.75, 3.05) is 19.7 Å². The number of carbonyl (C=O) groups excluding carboxylic acids is 1. The molecule has 0 atom stereocenters. The number of esters is 1. The van der Waals surface area contributed by atoms with Gasteiger partial charge in [0, 0.05) is 18.7 Å². The Morgan fingerprint density at radius 3 is 2.76 bits per heavy atom. The topological polar surface area (TPSA) is 72.0 Å². The van der Waals surface area contributed by atoms with Crippen molar-refractivity contribution in [1.29, 1.82) is 0 Å². The van der Waals surface area contributed by atoms with Gasteiger partial charge in [-0.1, -0.05) is 30.9 Å². The predicted molar refractivity (Wildman–Crippen MR) is 101 cm³/mol. The maximum absolute atomic E-state index is 11.6. The van der Waals surface area contributed by atoms with Gasteiger partial charge in [0.2, 0.25) is 0 Å². The number of hydrogen-bond acceptors (Lipinski definition) is 4. The van der Waals surface area contributed by atoms with E-state index in [1.165, 1.54) is 0 Å². The maximum Gasteiger partial charge on any atom is 0.307 e. The summed E-state index contributed by atoms with van der Waals surface area (Å²) in [4.78, 5) is 16.1. The third kappa shape index (κ3) is 8.79. The first kappa shape index (κ1) is 20.5. The van der Waals surface area contributed by atoms with E-state index in [-0.39, 0.29) is 12.1 Å². The van der Waals surface area contributed by atoms with Crippen LogP contribution < -0.4 is 15.4 Å². The third-order valence-electron chi connectivity index (χ3n) is 3.07. The second kappa shape index (κ2) is 11.9. The second-order valence-corrected chi connectivity index (χ2v) is 5.62. The number of para-hydroxylation sites is 1. The normalized spacial score (nSPS) is 11.1. The van der Waals surface area contributed by atoms with Crippen LogP contribution in [0.25, 0.3) is 0 Å². The molecule has 1 rings (SSSR count). The van der Waals surface area contributed by atoms with E-state index in [0.29, 0.717) is 32.1 Å². The van der Waals surface area contributed by atoms with E-state index >= 15 is 0 Å². The Morgan fingerprint density at radius 2 is 2.08 bits per heavy atom. The van der Waals surface area contributed by atoms with Gasteiger partial charge in [0.05, 0.1) is 19.1 Å². The van der Waals surface area contributed by atoms with E-state index in [0.717, 1.165) is 17.9 Å². The van der Waals surface area contributed by atoms with Gasteiger partial charge in [0.25, 0.3) is 0 Å². The molecule has 0 aliphatic heterocycles. The molecule has 0 saturated carbocycles. The Bertz CT molecular complexity index is 571. The lowest BCUT2D eigenvalue weighted by molar-refractivity contribution is -0.147. The Balaban J connectivity index is 2.60. The molecule has 25 heavy (non-hydrogen) atoms. The van der Waals surface area contributed by atoms with E-state index in [1.54, 1.807) is 6.08 Å². The van der Waals surface area contributed by atoms with Crippen molar-refractivity contribution in [2.45, 2.75) is 39.8 Å². The summed E-state index contributed by atoms with van der Waals surface area (Å²) >= 11 is 0. The summed E-state index contributed by atoms with van der Waals surface area (Å²) in [5.74, 6) is 1.22. The third-order valence-corrected chi connectivity index (χ3v) is 3.07. The highest BCUT2D eigenvalue weighted by atomic mass is 16.5. The lowest BCUT2D eigenvalue weighted by atomic mass is 10.2. The van der Waals surface area contributed by atoms with Crippen LogP contribution in [0, 0.1) is 0 Å². The first-order chi connectivity index (χ1) is 12.1. The number of ether oxygens (including phenoxy) is 2. The van der Waals surface area contributed by atoms with Crippen molar-refractivity contribution in [3.8, 4) is 5.75 Å². The van der Waals surface area contributed by atoms with E-state index in [4.69, 9.17) is 9.47 Å². The van der Waals surface area contributed by atoms with E-state index < -0.39 is 0 Å². The van der Waals surface area contributed by atoms with Crippen molar-refractivity contribution in [2.24, 2.45) is 4.99 Å². The molecule has 0 heterocycles. The Labute approximate surface area is 150 Å². The van der Waals surface area contributed by atoms with E-state index in [1.807, 2.05) is 45.0 Å². The van der Waals surface area contributed by atoms with Crippen molar-refractivity contribution in [3.05, 3.63) is 42.5 Å². The summed E-state index contributed by atoms with van der Waals surface area (Å²) in [7, 11) is 0. The van der Waals surface area contributed by atoms with Crippen molar-refractivity contribution in [1.82, 2.24) is 10.6 Å². The molecule has 2 N–H and O–H groups in total. The summed E-state index contributed by atoms with van der Waals surface area (Å²) in [6.07, 6.45) is 1.91. The van der Waals surface area contributed by atoms with Crippen LogP contribution in [-0.2, 0) is 16.1 Å². The first-order valence-corrected chi connectivity index (χ1v) is 8.60. The first-order valence-electron chi connectivity index (χ1n) is 8.60. The standard InChI is InChI=1S/C19H29N3O3/c1-5-13-24-17-10-8-7-9-16(17)14-22-19(20-6-2)21-12-11-18(23)25-15(3)4/h5,7-10,15H,1,6,11-14H2,2-4H3,(H2,20,21,22).